The molecule has 1 N–H and O–H groups in total. The van der Waals surface area contributed by atoms with Crippen molar-refractivity contribution in [1.29, 1.82) is 0 Å². The third kappa shape index (κ3) is 3.61. The number of likely N-dealkylation sites (N-methyl/N-ethyl adjacent to an activating group) is 1. The van der Waals surface area contributed by atoms with Gasteiger partial charge in [-0.15, -0.1) is 12.4 Å². The van der Waals surface area contributed by atoms with Gasteiger partial charge in [-0.05, 0) is 31.2 Å². The molecular weight excluding hydrogens is 262 g/mol. The van der Waals surface area contributed by atoms with E-state index in [0.717, 1.165) is 30.8 Å². The van der Waals surface area contributed by atoms with Crippen LogP contribution >= 0.6 is 12.4 Å². The summed E-state index contributed by atoms with van der Waals surface area (Å²) >= 11 is 0. The molecule has 106 valence electrons. The second kappa shape index (κ2) is 6.78. The summed E-state index contributed by atoms with van der Waals surface area (Å²) in [4.78, 5) is 16.2. The number of amides is 1. The Morgan fingerprint density at radius 2 is 2.05 bits per heavy atom. The molecule has 2 rings (SSSR count). The molecule has 1 fully saturated rings. The number of hydrogen-bond acceptors (Lipinski definition) is 3. The van der Waals surface area contributed by atoms with Gasteiger partial charge in [0.2, 0.25) is 0 Å². The maximum Gasteiger partial charge on any atom is 0.253 e. The second-order valence-corrected chi connectivity index (χ2v) is 5.01. The van der Waals surface area contributed by atoms with Crippen molar-refractivity contribution in [2.24, 2.45) is 0 Å². The highest BCUT2D eigenvalue weighted by atomic mass is 35.5. The number of carbonyl (C=O) groups is 1. The lowest BCUT2D eigenvalue weighted by molar-refractivity contribution is 0.0744. The summed E-state index contributed by atoms with van der Waals surface area (Å²) in [5.41, 5.74) is 1.81. The van der Waals surface area contributed by atoms with Crippen LogP contribution in [0.1, 0.15) is 16.8 Å². The highest BCUT2D eigenvalue weighted by Crippen LogP contribution is 2.16. The van der Waals surface area contributed by atoms with Crippen molar-refractivity contribution in [2.75, 3.05) is 39.1 Å². The molecule has 4 nitrogen and oxygen atoms in total. The lowest BCUT2D eigenvalue weighted by Gasteiger charge is -2.24. The lowest BCUT2D eigenvalue weighted by atomic mass is 10.1. The van der Waals surface area contributed by atoms with Crippen molar-refractivity contribution in [2.45, 2.75) is 12.5 Å². The summed E-state index contributed by atoms with van der Waals surface area (Å²) in [5, 5.41) is 3.29. The van der Waals surface area contributed by atoms with E-state index in [1.165, 1.54) is 0 Å². The molecule has 5 heteroatoms. The van der Waals surface area contributed by atoms with Gasteiger partial charge in [0.15, 0.2) is 0 Å². The van der Waals surface area contributed by atoms with Crippen LogP contribution in [0, 0.1) is 0 Å². The van der Waals surface area contributed by atoms with Crippen molar-refractivity contribution in [3.8, 4) is 0 Å². The Morgan fingerprint density at radius 1 is 1.32 bits per heavy atom. The quantitative estimate of drug-likeness (QED) is 0.915. The Morgan fingerprint density at radius 3 is 2.63 bits per heavy atom. The number of hydrogen-bond donors (Lipinski definition) is 1. The zero-order valence-electron chi connectivity index (χ0n) is 11.7. The van der Waals surface area contributed by atoms with Gasteiger partial charge in [-0.25, -0.2) is 0 Å². The van der Waals surface area contributed by atoms with Crippen LogP contribution in [0.3, 0.4) is 0 Å². The number of benzene rings is 1. The van der Waals surface area contributed by atoms with Crippen molar-refractivity contribution in [3.63, 3.8) is 0 Å². The summed E-state index contributed by atoms with van der Waals surface area (Å²) in [6.07, 6.45) is 1.04. The molecule has 1 aromatic carbocycles. The average Bonchev–Trinajstić information content (AvgIpc) is 2.91. The van der Waals surface area contributed by atoms with Gasteiger partial charge in [0.25, 0.3) is 5.91 Å². The Balaban J connectivity index is 0.00000180. The van der Waals surface area contributed by atoms with Gasteiger partial charge in [0.05, 0.1) is 0 Å². The van der Waals surface area contributed by atoms with Gasteiger partial charge >= 0.3 is 0 Å². The number of rotatable bonds is 3. The molecule has 0 bridgehead atoms. The van der Waals surface area contributed by atoms with E-state index in [1.807, 2.05) is 55.2 Å². The molecule has 1 amide bonds. The second-order valence-electron chi connectivity index (χ2n) is 5.01. The van der Waals surface area contributed by atoms with Crippen LogP contribution < -0.4 is 10.2 Å². The molecule has 0 radical (unpaired) electrons. The lowest BCUT2D eigenvalue weighted by Crippen LogP contribution is -2.38. The smallest absolute Gasteiger partial charge is 0.253 e. The van der Waals surface area contributed by atoms with E-state index >= 15 is 0 Å². The maximum absolute atomic E-state index is 12.4. The van der Waals surface area contributed by atoms with Crippen molar-refractivity contribution >= 4 is 24.0 Å². The summed E-state index contributed by atoms with van der Waals surface area (Å²) in [6, 6.07) is 8.09. The molecule has 0 aliphatic carbocycles. The van der Waals surface area contributed by atoms with Crippen LogP contribution in [0.15, 0.2) is 24.3 Å². The first-order chi connectivity index (χ1) is 8.59. The maximum atomic E-state index is 12.4. The zero-order chi connectivity index (χ0) is 13.1. The van der Waals surface area contributed by atoms with Gasteiger partial charge in [-0.1, -0.05) is 6.07 Å². The van der Waals surface area contributed by atoms with Crippen LogP contribution in [0.2, 0.25) is 0 Å². The Bertz CT molecular complexity index is 430. The van der Waals surface area contributed by atoms with E-state index in [0.29, 0.717) is 6.04 Å². The van der Waals surface area contributed by atoms with Crippen molar-refractivity contribution in [1.82, 2.24) is 10.2 Å². The zero-order valence-corrected chi connectivity index (χ0v) is 12.5. The normalized spacial score (nSPS) is 17.7. The Hall–Kier alpha value is -1.26. The molecule has 1 aromatic rings. The summed E-state index contributed by atoms with van der Waals surface area (Å²) < 4.78 is 0. The van der Waals surface area contributed by atoms with Gasteiger partial charge in [0.1, 0.15) is 0 Å². The summed E-state index contributed by atoms with van der Waals surface area (Å²) in [6.45, 7) is 1.90. The predicted molar refractivity (Wildman–Crippen MR) is 81.4 cm³/mol. The van der Waals surface area contributed by atoms with Crippen LogP contribution in [0.5, 0.6) is 0 Å². The monoisotopic (exact) mass is 283 g/mol. The van der Waals surface area contributed by atoms with E-state index in [2.05, 4.69) is 5.32 Å². The van der Waals surface area contributed by atoms with Crippen LogP contribution in [0.4, 0.5) is 5.69 Å². The standard InChI is InChI=1S/C14H21N3O.ClH/c1-16(2)12-6-4-5-11(9-12)14(18)17(3)13-7-8-15-10-13;/h4-6,9,13,15H,7-8,10H2,1-3H3;1H. The number of anilines is 1. The van der Waals surface area contributed by atoms with Gasteiger partial charge in [-0.2, -0.15) is 0 Å². The molecule has 1 saturated heterocycles. The minimum absolute atomic E-state index is 0. The number of nitrogens with zero attached hydrogens (tertiary/aromatic N) is 2. The molecule has 1 heterocycles. The number of halogens is 1. The summed E-state index contributed by atoms with van der Waals surface area (Å²) in [7, 11) is 5.85. The molecule has 1 unspecified atom stereocenters. The van der Waals surface area contributed by atoms with Gasteiger partial charge < -0.3 is 15.1 Å². The van der Waals surface area contributed by atoms with E-state index < -0.39 is 0 Å². The van der Waals surface area contributed by atoms with Crippen molar-refractivity contribution in [3.05, 3.63) is 29.8 Å². The highest BCUT2D eigenvalue weighted by molar-refractivity contribution is 5.95. The fourth-order valence-electron chi connectivity index (χ4n) is 2.26. The first-order valence-electron chi connectivity index (χ1n) is 6.35. The molecule has 19 heavy (non-hydrogen) atoms. The first-order valence-corrected chi connectivity index (χ1v) is 6.35. The summed E-state index contributed by atoms with van der Waals surface area (Å²) in [5.74, 6) is 0.104. The van der Waals surface area contributed by atoms with E-state index in [9.17, 15) is 4.79 Å². The van der Waals surface area contributed by atoms with E-state index in [1.54, 1.807) is 0 Å². The minimum Gasteiger partial charge on any atom is -0.378 e. The molecular formula is C14H22ClN3O. The molecule has 0 spiro atoms. The first kappa shape index (κ1) is 15.8. The Labute approximate surface area is 121 Å². The molecule has 1 aliphatic rings. The fourth-order valence-corrected chi connectivity index (χ4v) is 2.26. The Kier molecular flexibility index (Phi) is 5.63. The van der Waals surface area contributed by atoms with Crippen LogP contribution in [-0.2, 0) is 0 Å². The van der Waals surface area contributed by atoms with E-state index in [4.69, 9.17) is 0 Å². The molecule has 1 aliphatic heterocycles. The van der Waals surface area contributed by atoms with Crippen LogP contribution in [0.25, 0.3) is 0 Å². The molecule has 0 saturated carbocycles. The van der Waals surface area contributed by atoms with E-state index in [-0.39, 0.29) is 18.3 Å². The highest BCUT2D eigenvalue weighted by Gasteiger charge is 2.24. The minimum atomic E-state index is 0. The van der Waals surface area contributed by atoms with Crippen molar-refractivity contribution < 1.29 is 4.79 Å². The fraction of sp³-hybridized carbons (Fsp3) is 0.500. The van der Waals surface area contributed by atoms with Gasteiger partial charge in [-0.3, -0.25) is 4.79 Å². The average molecular weight is 284 g/mol. The number of nitrogens with one attached hydrogen (secondary N) is 1. The number of carbonyl (C=O) groups excluding carboxylic acids is 1. The largest absolute Gasteiger partial charge is 0.378 e. The van der Waals surface area contributed by atoms with Crippen LogP contribution in [-0.4, -0.2) is 51.1 Å². The molecule has 1 atom stereocenters. The third-order valence-electron chi connectivity index (χ3n) is 3.51. The predicted octanol–water partition coefficient (Wildman–Crippen LogP) is 1.61. The SMILES string of the molecule is CN(C)c1cccc(C(=O)N(C)C2CCNC2)c1.Cl. The third-order valence-corrected chi connectivity index (χ3v) is 3.51. The topological polar surface area (TPSA) is 35.6 Å². The molecule has 0 aromatic heterocycles. The van der Waals surface area contributed by atoms with Gasteiger partial charge in [0, 0.05) is 45.0 Å².